The Morgan fingerprint density at radius 2 is 1.68 bits per heavy atom. The second-order valence-corrected chi connectivity index (χ2v) is 7.05. The number of piperazine rings is 1. The molecule has 5 nitrogen and oxygen atoms in total. The second-order valence-electron chi connectivity index (χ2n) is 7.05. The molecule has 0 amide bonds. The number of hydrogen-bond acceptors (Lipinski definition) is 4. The molecular formula is C22H23ClN4O. The summed E-state index contributed by atoms with van der Waals surface area (Å²) in [6.45, 7) is 6.12. The molecule has 0 spiro atoms. The monoisotopic (exact) mass is 394 g/mol. The first-order chi connectivity index (χ1) is 13.3. The van der Waals surface area contributed by atoms with Crippen molar-refractivity contribution in [1.82, 2.24) is 9.97 Å². The van der Waals surface area contributed by atoms with Gasteiger partial charge >= 0.3 is 0 Å². The SMILES string of the molecule is CCc1nc(N2CC[NH+](c3ccccc3)CC2)c2oc3ccccc3c2n1.[Cl-]. The van der Waals surface area contributed by atoms with E-state index in [1.807, 2.05) is 18.2 Å². The van der Waals surface area contributed by atoms with Gasteiger partial charge in [0.05, 0.1) is 26.2 Å². The first kappa shape index (κ1) is 18.7. The van der Waals surface area contributed by atoms with Gasteiger partial charge in [-0.3, -0.25) is 4.90 Å². The maximum Gasteiger partial charge on any atom is 0.196 e. The van der Waals surface area contributed by atoms with Crippen LogP contribution in [-0.2, 0) is 6.42 Å². The maximum atomic E-state index is 6.17. The van der Waals surface area contributed by atoms with E-state index in [1.54, 1.807) is 0 Å². The van der Waals surface area contributed by atoms with Gasteiger partial charge in [0.2, 0.25) is 0 Å². The Balaban J connectivity index is 0.00000192. The second kappa shape index (κ2) is 7.78. The lowest BCUT2D eigenvalue weighted by Gasteiger charge is -2.32. The molecule has 5 rings (SSSR count). The van der Waals surface area contributed by atoms with Gasteiger partial charge in [0.25, 0.3) is 0 Å². The van der Waals surface area contributed by atoms with E-state index in [0.29, 0.717) is 0 Å². The quantitative estimate of drug-likeness (QED) is 0.530. The third-order valence-corrected chi connectivity index (χ3v) is 5.41. The number of aromatic nitrogens is 2. The Morgan fingerprint density at radius 3 is 2.43 bits per heavy atom. The van der Waals surface area contributed by atoms with Gasteiger partial charge in [0.15, 0.2) is 11.4 Å². The number of nitrogens with zero attached hydrogens (tertiary/aromatic N) is 3. The maximum absolute atomic E-state index is 6.17. The number of nitrogens with one attached hydrogen (secondary N) is 1. The molecule has 144 valence electrons. The number of anilines is 1. The highest BCUT2D eigenvalue weighted by atomic mass is 35.5. The molecule has 0 bridgehead atoms. The largest absolute Gasteiger partial charge is 1.00 e. The number of rotatable bonds is 3. The predicted octanol–water partition coefficient (Wildman–Crippen LogP) is -0.0210. The Bertz CT molecular complexity index is 1090. The zero-order valence-electron chi connectivity index (χ0n) is 15.9. The Morgan fingerprint density at radius 1 is 0.964 bits per heavy atom. The van der Waals surface area contributed by atoms with Gasteiger partial charge in [0, 0.05) is 11.8 Å². The third kappa shape index (κ3) is 3.21. The Kier molecular flexibility index (Phi) is 5.20. The average molecular weight is 395 g/mol. The zero-order chi connectivity index (χ0) is 18.2. The average Bonchev–Trinajstić information content (AvgIpc) is 3.12. The lowest BCUT2D eigenvalue weighted by molar-refractivity contribution is -0.833. The van der Waals surface area contributed by atoms with Gasteiger partial charge in [-0.25, -0.2) is 9.97 Å². The van der Waals surface area contributed by atoms with Crippen LogP contribution in [0.5, 0.6) is 0 Å². The van der Waals surface area contributed by atoms with Gasteiger partial charge in [-0.05, 0) is 24.3 Å². The zero-order valence-corrected chi connectivity index (χ0v) is 16.6. The van der Waals surface area contributed by atoms with Crippen LogP contribution in [-0.4, -0.2) is 36.1 Å². The highest BCUT2D eigenvalue weighted by Gasteiger charge is 2.26. The topological polar surface area (TPSA) is 46.6 Å². The van der Waals surface area contributed by atoms with Crippen LogP contribution >= 0.6 is 0 Å². The van der Waals surface area contributed by atoms with Gasteiger partial charge < -0.3 is 21.7 Å². The van der Waals surface area contributed by atoms with E-state index in [2.05, 4.69) is 48.2 Å². The molecule has 0 saturated carbocycles. The van der Waals surface area contributed by atoms with Crippen molar-refractivity contribution in [3.8, 4) is 0 Å². The summed E-state index contributed by atoms with van der Waals surface area (Å²) in [6.07, 6.45) is 0.817. The first-order valence-electron chi connectivity index (χ1n) is 9.66. The molecule has 1 fully saturated rings. The van der Waals surface area contributed by atoms with Crippen LogP contribution < -0.4 is 22.2 Å². The number of halogens is 1. The van der Waals surface area contributed by atoms with Crippen LogP contribution in [0.1, 0.15) is 12.7 Å². The van der Waals surface area contributed by atoms with Gasteiger partial charge in [-0.15, -0.1) is 0 Å². The molecule has 2 aromatic carbocycles. The lowest BCUT2D eigenvalue weighted by atomic mass is 10.2. The van der Waals surface area contributed by atoms with Crippen LogP contribution in [0, 0.1) is 0 Å². The molecular weight excluding hydrogens is 372 g/mol. The number of fused-ring (bicyclic) bond motifs is 3. The van der Waals surface area contributed by atoms with E-state index >= 15 is 0 Å². The fourth-order valence-electron chi connectivity index (χ4n) is 3.94. The summed E-state index contributed by atoms with van der Waals surface area (Å²) in [5.41, 5.74) is 4.00. The van der Waals surface area contributed by atoms with Crippen molar-refractivity contribution < 1.29 is 21.7 Å². The summed E-state index contributed by atoms with van der Waals surface area (Å²) in [4.78, 5) is 13.5. The third-order valence-electron chi connectivity index (χ3n) is 5.41. The van der Waals surface area contributed by atoms with Gasteiger partial charge in [0.1, 0.15) is 22.6 Å². The molecule has 2 aromatic heterocycles. The fourth-order valence-corrected chi connectivity index (χ4v) is 3.94. The smallest absolute Gasteiger partial charge is 0.196 e. The molecule has 3 heterocycles. The van der Waals surface area contributed by atoms with Crippen LogP contribution in [0.3, 0.4) is 0 Å². The Hall–Kier alpha value is -2.63. The van der Waals surface area contributed by atoms with E-state index in [9.17, 15) is 0 Å². The normalized spacial score (nSPS) is 15.1. The molecule has 28 heavy (non-hydrogen) atoms. The standard InChI is InChI=1S/C22H22N4O.ClH/c1-2-19-23-20-17-10-6-7-11-18(17)27-21(20)22(24-19)26-14-12-25(13-15-26)16-8-4-3-5-9-16;/h3-11H,2,12-15H2,1H3;1H. The van der Waals surface area contributed by atoms with Crippen molar-refractivity contribution in [2.75, 3.05) is 31.1 Å². The number of aryl methyl sites for hydroxylation is 1. The summed E-state index contributed by atoms with van der Waals surface area (Å²) in [6, 6.07) is 18.8. The summed E-state index contributed by atoms with van der Waals surface area (Å²) in [5.74, 6) is 1.82. The molecule has 6 heteroatoms. The molecule has 0 radical (unpaired) electrons. The summed E-state index contributed by atoms with van der Waals surface area (Å²) >= 11 is 0. The van der Waals surface area contributed by atoms with Crippen molar-refractivity contribution in [3.05, 3.63) is 60.4 Å². The molecule has 0 aliphatic carbocycles. The minimum absolute atomic E-state index is 0. The van der Waals surface area contributed by atoms with Crippen LogP contribution in [0.25, 0.3) is 22.1 Å². The molecule has 0 unspecified atom stereocenters. The van der Waals surface area contributed by atoms with E-state index in [0.717, 1.165) is 66.3 Å². The number of benzene rings is 2. The van der Waals surface area contributed by atoms with E-state index in [-0.39, 0.29) is 12.4 Å². The molecule has 4 aromatic rings. The first-order valence-corrected chi connectivity index (χ1v) is 9.66. The van der Waals surface area contributed by atoms with Gasteiger partial charge in [-0.2, -0.15) is 0 Å². The highest BCUT2D eigenvalue weighted by molar-refractivity contribution is 6.05. The van der Waals surface area contributed by atoms with Crippen molar-refractivity contribution >= 4 is 33.6 Å². The van der Waals surface area contributed by atoms with Crippen LogP contribution in [0.2, 0.25) is 0 Å². The number of hydrogen-bond donors (Lipinski definition) is 1. The Labute approximate surface area is 170 Å². The number of para-hydroxylation sites is 2. The fraction of sp³-hybridized carbons (Fsp3) is 0.273. The molecule has 1 aliphatic heterocycles. The van der Waals surface area contributed by atoms with Crippen molar-refractivity contribution in [2.24, 2.45) is 0 Å². The van der Waals surface area contributed by atoms with E-state index in [4.69, 9.17) is 14.4 Å². The van der Waals surface area contributed by atoms with E-state index < -0.39 is 0 Å². The van der Waals surface area contributed by atoms with E-state index in [1.165, 1.54) is 10.6 Å². The van der Waals surface area contributed by atoms with Crippen molar-refractivity contribution in [3.63, 3.8) is 0 Å². The number of furan rings is 1. The van der Waals surface area contributed by atoms with Crippen molar-refractivity contribution in [1.29, 1.82) is 0 Å². The molecule has 1 aliphatic rings. The summed E-state index contributed by atoms with van der Waals surface area (Å²) in [5, 5.41) is 1.07. The summed E-state index contributed by atoms with van der Waals surface area (Å²) in [7, 11) is 0. The molecule has 0 atom stereocenters. The minimum atomic E-state index is 0. The highest BCUT2D eigenvalue weighted by Crippen LogP contribution is 2.33. The predicted molar refractivity (Wildman–Crippen MR) is 108 cm³/mol. The lowest BCUT2D eigenvalue weighted by Crippen LogP contribution is -3.10. The van der Waals surface area contributed by atoms with Crippen LogP contribution in [0.15, 0.2) is 59.0 Å². The minimum Gasteiger partial charge on any atom is -1.00 e. The number of quaternary nitrogens is 1. The van der Waals surface area contributed by atoms with Gasteiger partial charge in [-0.1, -0.05) is 37.3 Å². The molecule has 1 N–H and O–H groups in total. The molecule has 1 saturated heterocycles. The van der Waals surface area contributed by atoms with Crippen molar-refractivity contribution in [2.45, 2.75) is 13.3 Å². The summed E-state index contributed by atoms with van der Waals surface area (Å²) < 4.78 is 6.17. The van der Waals surface area contributed by atoms with Crippen LogP contribution in [0.4, 0.5) is 11.5 Å².